The summed E-state index contributed by atoms with van der Waals surface area (Å²) >= 11 is 0. The van der Waals surface area contributed by atoms with Crippen molar-refractivity contribution in [3.63, 3.8) is 0 Å². The second kappa shape index (κ2) is 6.29. The number of rotatable bonds is 5. The summed E-state index contributed by atoms with van der Waals surface area (Å²) in [6.07, 6.45) is -1.52. The molecule has 0 bridgehead atoms. The minimum absolute atomic E-state index is 0.0212. The topological polar surface area (TPSA) is 50.1 Å². The van der Waals surface area contributed by atoms with E-state index in [1.807, 2.05) is 0 Å². The average molecular weight is 331 g/mol. The Morgan fingerprint density at radius 1 is 1.30 bits per heavy atom. The minimum Gasteiger partial charge on any atom is -0.384 e. The van der Waals surface area contributed by atoms with E-state index in [1.54, 1.807) is 13.2 Å². The highest BCUT2D eigenvalue weighted by atomic mass is 19.4. The van der Waals surface area contributed by atoms with E-state index in [2.05, 4.69) is 10.4 Å². The zero-order chi connectivity index (χ0) is 17.3. The number of aryl methyl sites for hydroxylation is 1. The fraction of sp³-hybridized carbons (Fsp3) is 0.400. The SMILES string of the molecule is Cn1cc(C(C)(O)CNCc2ccc(F)cc2C(F)(F)F)cn1. The number of halogens is 4. The minimum atomic E-state index is -4.63. The number of aliphatic hydroxyl groups is 1. The van der Waals surface area contributed by atoms with Gasteiger partial charge in [-0.25, -0.2) is 4.39 Å². The first-order chi connectivity index (χ1) is 10.6. The number of aromatic nitrogens is 2. The molecule has 1 heterocycles. The monoisotopic (exact) mass is 331 g/mol. The molecule has 0 aliphatic carbocycles. The van der Waals surface area contributed by atoms with Crippen LogP contribution < -0.4 is 5.32 Å². The maximum Gasteiger partial charge on any atom is 0.416 e. The summed E-state index contributed by atoms with van der Waals surface area (Å²) in [7, 11) is 1.70. The molecule has 2 N–H and O–H groups in total. The number of alkyl halides is 3. The summed E-state index contributed by atoms with van der Waals surface area (Å²) in [5.41, 5.74) is -1.85. The van der Waals surface area contributed by atoms with Gasteiger partial charge in [-0.1, -0.05) is 6.07 Å². The van der Waals surface area contributed by atoms with E-state index in [-0.39, 0.29) is 18.7 Å². The Morgan fingerprint density at radius 3 is 2.57 bits per heavy atom. The maximum absolute atomic E-state index is 13.0. The molecule has 0 radical (unpaired) electrons. The summed E-state index contributed by atoms with van der Waals surface area (Å²) in [6.45, 7) is 1.41. The number of nitrogens with zero attached hydrogens (tertiary/aromatic N) is 2. The predicted octanol–water partition coefficient (Wildman–Crippen LogP) is 2.58. The normalized spacial score (nSPS) is 14.7. The number of hydrogen-bond acceptors (Lipinski definition) is 3. The van der Waals surface area contributed by atoms with Gasteiger partial charge in [-0.2, -0.15) is 18.3 Å². The van der Waals surface area contributed by atoms with E-state index in [0.29, 0.717) is 11.6 Å². The molecule has 0 fully saturated rings. The van der Waals surface area contributed by atoms with Crippen molar-refractivity contribution in [1.29, 1.82) is 0 Å². The van der Waals surface area contributed by atoms with Gasteiger partial charge in [0.1, 0.15) is 11.4 Å². The molecule has 1 unspecified atom stereocenters. The molecule has 0 spiro atoms. The van der Waals surface area contributed by atoms with Crippen molar-refractivity contribution in [2.75, 3.05) is 6.54 Å². The molecular weight excluding hydrogens is 314 g/mol. The van der Waals surface area contributed by atoms with Crippen molar-refractivity contribution >= 4 is 0 Å². The van der Waals surface area contributed by atoms with Crippen LogP contribution in [0.1, 0.15) is 23.6 Å². The van der Waals surface area contributed by atoms with Crippen LogP contribution >= 0.6 is 0 Å². The van der Waals surface area contributed by atoms with Crippen LogP contribution in [-0.4, -0.2) is 21.4 Å². The Kier molecular flexibility index (Phi) is 4.76. The van der Waals surface area contributed by atoms with Gasteiger partial charge in [-0.05, 0) is 24.6 Å². The summed E-state index contributed by atoms with van der Waals surface area (Å²) in [6, 6.07) is 2.53. The summed E-state index contributed by atoms with van der Waals surface area (Å²) in [5, 5.41) is 17.1. The van der Waals surface area contributed by atoms with Gasteiger partial charge in [-0.3, -0.25) is 4.68 Å². The van der Waals surface area contributed by atoms with Gasteiger partial charge in [0.2, 0.25) is 0 Å². The summed E-state index contributed by atoms with van der Waals surface area (Å²) < 4.78 is 53.3. The standard InChI is InChI=1S/C15H17F4N3O/c1-14(23,11-7-21-22(2)8-11)9-20-6-10-3-4-12(16)5-13(10)15(17,18)19/h3-5,7-8,20,23H,6,9H2,1-2H3. The zero-order valence-corrected chi connectivity index (χ0v) is 12.7. The van der Waals surface area contributed by atoms with Gasteiger partial charge < -0.3 is 10.4 Å². The fourth-order valence-corrected chi connectivity index (χ4v) is 2.21. The van der Waals surface area contributed by atoms with E-state index >= 15 is 0 Å². The molecular formula is C15H17F4N3O. The highest BCUT2D eigenvalue weighted by Gasteiger charge is 2.34. The molecule has 0 aliphatic heterocycles. The van der Waals surface area contributed by atoms with E-state index in [0.717, 1.165) is 12.1 Å². The van der Waals surface area contributed by atoms with Crippen LogP contribution in [0.2, 0.25) is 0 Å². The third kappa shape index (κ3) is 4.29. The number of nitrogens with one attached hydrogen (secondary N) is 1. The molecule has 4 nitrogen and oxygen atoms in total. The van der Waals surface area contributed by atoms with Crippen LogP contribution in [0, 0.1) is 5.82 Å². The first-order valence-electron chi connectivity index (χ1n) is 6.87. The highest BCUT2D eigenvalue weighted by molar-refractivity contribution is 5.30. The lowest BCUT2D eigenvalue weighted by Crippen LogP contribution is -2.35. The van der Waals surface area contributed by atoms with Crippen molar-refractivity contribution in [1.82, 2.24) is 15.1 Å². The third-order valence-corrected chi connectivity index (χ3v) is 3.49. The van der Waals surface area contributed by atoms with E-state index in [9.17, 15) is 22.7 Å². The predicted molar refractivity (Wildman–Crippen MR) is 75.9 cm³/mol. The Labute approximate surface area is 130 Å². The van der Waals surface area contributed by atoms with Gasteiger partial charge in [0, 0.05) is 31.9 Å². The lowest BCUT2D eigenvalue weighted by molar-refractivity contribution is -0.138. The van der Waals surface area contributed by atoms with Crippen molar-refractivity contribution in [2.24, 2.45) is 7.05 Å². The summed E-state index contributed by atoms with van der Waals surface area (Å²) in [5.74, 6) is -0.941. The molecule has 126 valence electrons. The highest BCUT2D eigenvalue weighted by Crippen LogP contribution is 2.32. The quantitative estimate of drug-likeness (QED) is 0.828. The molecule has 2 rings (SSSR count). The van der Waals surface area contributed by atoms with Crippen LogP contribution in [0.4, 0.5) is 17.6 Å². The Morgan fingerprint density at radius 2 is 2.00 bits per heavy atom. The average Bonchev–Trinajstić information content (AvgIpc) is 2.87. The number of benzene rings is 1. The molecule has 1 atom stereocenters. The van der Waals surface area contributed by atoms with E-state index in [4.69, 9.17) is 0 Å². The van der Waals surface area contributed by atoms with Gasteiger partial charge in [0.15, 0.2) is 0 Å². The summed E-state index contributed by atoms with van der Waals surface area (Å²) in [4.78, 5) is 0. The molecule has 1 aromatic heterocycles. The van der Waals surface area contributed by atoms with Crippen LogP contribution in [0.15, 0.2) is 30.6 Å². The fourth-order valence-electron chi connectivity index (χ4n) is 2.21. The van der Waals surface area contributed by atoms with Crippen molar-refractivity contribution < 1.29 is 22.7 Å². The Bertz CT molecular complexity index is 680. The lowest BCUT2D eigenvalue weighted by atomic mass is 9.99. The molecule has 0 saturated carbocycles. The van der Waals surface area contributed by atoms with Gasteiger partial charge in [0.05, 0.1) is 11.8 Å². The maximum atomic E-state index is 13.0. The van der Waals surface area contributed by atoms with Crippen LogP contribution in [0.5, 0.6) is 0 Å². The molecule has 0 amide bonds. The molecule has 0 saturated heterocycles. The van der Waals surface area contributed by atoms with Crippen LogP contribution in [0.25, 0.3) is 0 Å². The smallest absolute Gasteiger partial charge is 0.384 e. The van der Waals surface area contributed by atoms with Crippen molar-refractivity contribution in [3.05, 3.63) is 53.1 Å². The van der Waals surface area contributed by atoms with Gasteiger partial charge in [-0.15, -0.1) is 0 Å². The second-order valence-electron chi connectivity index (χ2n) is 5.58. The Hall–Kier alpha value is -1.93. The van der Waals surface area contributed by atoms with Gasteiger partial charge in [0.25, 0.3) is 0 Å². The molecule has 2 aromatic rings. The Balaban J connectivity index is 2.07. The first kappa shape index (κ1) is 17.4. The van der Waals surface area contributed by atoms with E-state index in [1.165, 1.54) is 17.8 Å². The second-order valence-corrected chi connectivity index (χ2v) is 5.58. The lowest BCUT2D eigenvalue weighted by Gasteiger charge is -2.23. The van der Waals surface area contributed by atoms with Crippen molar-refractivity contribution in [3.8, 4) is 0 Å². The van der Waals surface area contributed by atoms with Crippen LogP contribution in [0.3, 0.4) is 0 Å². The zero-order valence-electron chi connectivity index (χ0n) is 12.7. The molecule has 0 aliphatic rings. The number of hydrogen-bond donors (Lipinski definition) is 2. The molecule has 8 heteroatoms. The van der Waals surface area contributed by atoms with Crippen LogP contribution in [-0.2, 0) is 25.4 Å². The first-order valence-corrected chi connectivity index (χ1v) is 6.87. The van der Waals surface area contributed by atoms with Crippen molar-refractivity contribution in [2.45, 2.75) is 25.2 Å². The third-order valence-electron chi connectivity index (χ3n) is 3.49. The van der Waals surface area contributed by atoms with Gasteiger partial charge >= 0.3 is 6.18 Å². The van der Waals surface area contributed by atoms with E-state index < -0.39 is 23.2 Å². The molecule has 23 heavy (non-hydrogen) atoms. The largest absolute Gasteiger partial charge is 0.416 e. The molecule has 1 aromatic carbocycles.